The maximum Gasteiger partial charge on any atom is 0.268 e. The Bertz CT molecular complexity index is 1460. The van der Waals surface area contributed by atoms with Gasteiger partial charge in [-0.1, -0.05) is 114 Å². The molecule has 0 aliphatic carbocycles. The fourth-order valence-electron chi connectivity index (χ4n) is 5.85. The molecule has 4 aromatic rings. The minimum Gasteiger partial charge on any atom is -0.480 e. The lowest BCUT2D eigenvalue weighted by Gasteiger charge is -2.32. The fourth-order valence-corrected chi connectivity index (χ4v) is 5.85. The van der Waals surface area contributed by atoms with E-state index in [0.29, 0.717) is 24.7 Å². The second-order valence-electron chi connectivity index (χ2n) is 12.4. The van der Waals surface area contributed by atoms with Crippen molar-refractivity contribution in [2.45, 2.75) is 91.3 Å². The van der Waals surface area contributed by atoms with E-state index in [2.05, 4.69) is 39.8 Å². The molecule has 0 spiro atoms. The van der Waals surface area contributed by atoms with Gasteiger partial charge in [-0.25, -0.2) is 0 Å². The van der Waals surface area contributed by atoms with E-state index in [0.717, 1.165) is 46.8 Å². The summed E-state index contributed by atoms with van der Waals surface area (Å²) in [6.07, 6.45) is 1.55. The average Bonchev–Trinajstić information content (AvgIpc) is 3.14. The van der Waals surface area contributed by atoms with Gasteiger partial charge in [0.05, 0.1) is 0 Å². The largest absolute Gasteiger partial charge is 0.480 e. The van der Waals surface area contributed by atoms with Crippen LogP contribution in [-0.2, 0) is 9.59 Å². The smallest absolute Gasteiger partial charge is 0.268 e. The van der Waals surface area contributed by atoms with Crippen molar-refractivity contribution in [2.24, 2.45) is 0 Å². The first-order valence-electron chi connectivity index (χ1n) is 17.6. The molecule has 0 aromatic heterocycles. The first kappa shape index (κ1) is 36.3. The topological polar surface area (TPSA) is 59.1 Å². The van der Waals surface area contributed by atoms with Crippen LogP contribution in [0.1, 0.15) is 90.2 Å². The molecule has 48 heavy (non-hydrogen) atoms. The van der Waals surface area contributed by atoms with Gasteiger partial charge in [0.25, 0.3) is 11.8 Å². The molecule has 0 saturated carbocycles. The zero-order valence-electron chi connectivity index (χ0n) is 29.5. The lowest BCUT2D eigenvalue weighted by atomic mass is 9.97. The molecule has 0 fully saturated rings. The number of hydrogen-bond donors (Lipinski definition) is 0. The van der Waals surface area contributed by atoms with Crippen molar-refractivity contribution in [3.8, 4) is 11.5 Å². The Labute approximate surface area is 287 Å². The summed E-state index contributed by atoms with van der Waals surface area (Å²) in [5.41, 5.74) is 3.70. The van der Waals surface area contributed by atoms with E-state index in [9.17, 15) is 9.59 Å². The third-order valence-corrected chi connectivity index (χ3v) is 9.17. The maximum absolute atomic E-state index is 14.4. The van der Waals surface area contributed by atoms with Crippen LogP contribution in [-0.4, -0.2) is 37.1 Å². The molecular weight excluding hydrogens is 596 g/mol. The van der Waals surface area contributed by atoms with Crippen LogP contribution in [0.3, 0.4) is 0 Å². The van der Waals surface area contributed by atoms with Crippen LogP contribution in [0.4, 0.5) is 11.4 Å². The third kappa shape index (κ3) is 9.06. The minimum absolute atomic E-state index is 0.145. The molecule has 6 heteroatoms. The molecule has 254 valence electrons. The number of anilines is 2. The highest BCUT2D eigenvalue weighted by atomic mass is 16.5. The molecule has 6 nitrogen and oxygen atoms in total. The predicted octanol–water partition coefficient (Wildman–Crippen LogP) is 9.79. The van der Waals surface area contributed by atoms with Gasteiger partial charge < -0.3 is 19.3 Å². The summed E-state index contributed by atoms with van der Waals surface area (Å²) in [5.74, 6) is 1.79. The van der Waals surface area contributed by atoms with Crippen LogP contribution >= 0.6 is 0 Å². The second-order valence-corrected chi connectivity index (χ2v) is 12.4. The number of rotatable bonds is 17. The Kier molecular flexibility index (Phi) is 13.7. The molecule has 0 aliphatic rings. The third-order valence-electron chi connectivity index (χ3n) is 9.17. The van der Waals surface area contributed by atoms with E-state index in [1.807, 2.05) is 111 Å². The van der Waals surface area contributed by atoms with Gasteiger partial charge in [-0.3, -0.25) is 9.59 Å². The van der Waals surface area contributed by atoms with Crippen LogP contribution in [0.5, 0.6) is 11.5 Å². The number of benzene rings is 4. The monoisotopic (exact) mass is 648 g/mol. The van der Waals surface area contributed by atoms with Gasteiger partial charge in [-0.15, -0.1) is 0 Å². The van der Waals surface area contributed by atoms with E-state index >= 15 is 0 Å². The lowest BCUT2D eigenvalue weighted by Crippen LogP contribution is -2.49. The Morgan fingerprint density at radius 2 is 0.833 bits per heavy atom. The highest BCUT2D eigenvalue weighted by Crippen LogP contribution is 2.32. The first-order valence-corrected chi connectivity index (χ1v) is 17.6. The van der Waals surface area contributed by atoms with E-state index in [-0.39, 0.29) is 24.9 Å². The number of amides is 2. The van der Waals surface area contributed by atoms with Crippen LogP contribution in [0.15, 0.2) is 109 Å². The summed E-state index contributed by atoms with van der Waals surface area (Å²) in [6, 6.07) is 35.2. The highest BCUT2D eigenvalue weighted by molar-refractivity contribution is 5.99. The van der Waals surface area contributed by atoms with Crippen molar-refractivity contribution in [3.05, 3.63) is 120 Å². The number of para-hydroxylation sites is 4. The molecule has 0 aliphatic heterocycles. The van der Waals surface area contributed by atoms with E-state index in [1.54, 1.807) is 9.80 Å². The molecule has 4 rings (SSSR count). The van der Waals surface area contributed by atoms with Crippen molar-refractivity contribution in [1.82, 2.24) is 0 Å². The molecule has 0 radical (unpaired) electrons. The van der Waals surface area contributed by atoms with Crippen LogP contribution in [0, 0.1) is 0 Å². The average molecular weight is 649 g/mol. The molecule has 0 bridgehead atoms. The maximum atomic E-state index is 14.4. The SMILES string of the molecule is CCC(Oc1ccccc1C(C)CC)C(=O)N(CCN(C(=O)C(CC)Oc1ccccc1C(C)CC)c1ccccc1)c1ccccc1. The molecular formula is C42H52N2O4. The van der Waals surface area contributed by atoms with Gasteiger partial charge in [-0.05, 0) is 85.0 Å². The van der Waals surface area contributed by atoms with Gasteiger partial charge in [0.2, 0.25) is 0 Å². The van der Waals surface area contributed by atoms with Gasteiger partial charge >= 0.3 is 0 Å². The summed E-state index contributed by atoms with van der Waals surface area (Å²) < 4.78 is 13.0. The summed E-state index contributed by atoms with van der Waals surface area (Å²) in [5, 5.41) is 0. The molecule has 4 unspecified atom stereocenters. The number of nitrogens with zero attached hydrogens (tertiary/aromatic N) is 2. The van der Waals surface area contributed by atoms with Gasteiger partial charge in [0.15, 0.2) is 12.2 Å². The normalized spacial score (nSPS) is 13.5. The summed E-state index contributed by atoms with van der Waals surface area (Å²) in [7, 11) is 0. The van der Waals surface area contributed by atoms with Crippen molar-refractivity contribution in [3.63, 3.8) is 0 Å². The van der Waals surface area contributed by atoms with Crippen LogP contribution in [0.2, 0.25) is 0 Å². The molecule has 4 atom stereocenters. The van der Waals surface area contributed by atoms with Gasteiger partial charge in [0.1, 0.15) is 11.5 Å². The summed E-state index contributed by atoms with van der Waals surface area (Å²) in [6.45, 7) is 13.1. The fraction of sp³-hybridized carbons (Fsp3) is 0.381. The zero-order chi connectivity index (χ0) is 34.5. The predicted molar refractivity (Wildman–Crippen MR) is 197 cm³/mol. The summed E-state index contributed by atoms with van der Waals surface area (Å²) in [4.78, 5) is 32.3. The van der Waals surface area contributed by atoms with Crippen molar-refractivity contribution < 1.29 is 19.1 Å². The lowest BCUT2D eigenvalue weighted by molar-refractivity contribution is -0.126. The second kappa shape index (κ2) is 18.1. The quantitative estimate of drug-likeness (QED) is 0.114. The van der Waals surface area contributed by atoms with E-state index in [1.165, 1.54) is 0 Å². The number of carbonyl (C=O) groups is 2. The van der Waals surface area contributed by atoms with E-state index in [4.69, 9.17) is 9.47 Å². The van der Waals surface area contributed by atoms with Crippen LogP contribution < -0.4 is 19.3 Å². The van der Waals surface area contributed by atoms with Gasteiger partial charge in [0, 0.05) is 24.5 Å². The van der Waals surface area contributed by atoms with Crippen molar-refractivity contribution >= 4 is 23.2 Å². The molecule has 4 aromatic carbocycles. The molecule has 0 heterocycles. The number of ether oxygens (including phenoxy) is 2. The van der Waals surface area contributed by atoms with Crippen LogP contribution in [0.25, 0.3) is 0 Å². The first-order chi connectivity index (χ1) is 23.3. The van der Waals surface area contributed by atoms with Gasteiger partial charge in [-0.2, -0.15) is 0 Å². The Hall–Kier alpha value is -4.58. The minimum atomic E-state index is -0.694. The number of hydrogen-bond acceptors (Lipinski definition) is 4. The van der Waals surface area contributed by atoms with Crippen molar-refractivity contribution in [1.29, 1.82) is 0 Å². The Morgan fingerprint density at radius 1 is 0.500 bits per heavy atom. The Morgan fingerprint density at radius 3 is 1.17 bits per heavy atom. The number of carbonyl (C=O) groups excluding carboxylic acids is 2. The molecule has 0 saturated heterocycles. The molecule has 0 N–H and O–H groups in total. The van der Waals surface area contributed by atoms with Crippen molar-refractivity contribution in [2.75, 3.05) is 22.9 Å². The highest BCUT2D eigenvalue weighted by Gasteiger charge is 2.31. The van der Waals surface area contributed by atoms with E-state index < -0.39 is 12.2 Å². The standard InChI is InChI=1S/C42H52N2O4/c1-7-31(5)35-25-17-19-27-39(35)47-37(9-3)41(45)43(33-21-13-11-14-22-33)29-30-44(34-23-15-12-16-24-34)42(46)38(10-4)48-40-28-20-18-26-36(40)32(6)8-2/h11-28,31-32,37-38H,7-10,29-30H2,1-6H3. The summed E-state index contributed by atoms with van der Waals surface area (Å²) >= 11 is 0. The Balaban J connectivity index is 1.63. The molecule has 2 amide bonds. The zero-order valence-corrected chi connectivity index (χ0v) is 29.5.